The maximum Gasteiger partial charge on any atom is 0.358 e. The van der Waals surface area contributed by atoms with Crippen molar-refractivity contribution in [2.75, 3.05) is 6.61 Å². The quantitative estimate of drug-likeness (QED) is 0.516. The van der Waals surface area contributed by atoms with E-state index in [9.17, 15) is 24.2 Å². The Morgan fingerprint density at radius 2 is 2.08 bits per heavy atom. The molecule has 1 fully saturated rings. The summed E-state index contributed by atoms with van der Waals surface area (Å²) in [5, 5.41) is 13.8. The Morgan fingerprint density at radius 3 is 2.69 bits per heavy atom. The number of hydrogen-bond acceptors (Lipinski definition) is 8. The lowest BCUT2D eigenvalue weighted by atomic mass is 10.2. The van der Waals surface area contributed by atoms with Gasteiger partial charge in [0.05, 0.1) is 11.9 Å². The average molecular weight is 382 g/mol. The normalized spacial score (nSPS) is 25.2. The number of nitrogens with zero attached hydrogens (tertiary/aromatic N) is 3. The molecular formula is C14H15N4O7P. The molecule has 2 heterocycles. The van der Waals surface area contributed by atoms with Gasteiger partial charge in [0.25, 0.3) is 5.91 Å². The second kappa shape index (κ2) is 7.06. The Kier molecular flexibility index (Phi) is 4.99. The molecule has 26 heavy (non-hydrogen) atoms. The highest BCUT2D eigenvalue weighted by atomic mass is 31.2. The van der Waals surface area contributed by atoms with Gasteiger partial charge >= 0.3 is 7.60 Å². The first-order valence-corrected chi connectivity index (χ1v) is 8.98. The van der Waals surface area contributed by atoms with Crippen molar-refractivity contribution in [2.24, 2.45) is 5.73 Å². The fourth-order valence-electron chi connectivity index (χ4n) is 2.34. The molecule has 12 heteroatoms. The molecule has 1 aliphatic rings. The molecule has 0 spiro atoms. The topological polar surface area (TPSA) is 167 Å². The van der Waals surface area contributed by atoms with Gasteiger partial charge < -0.3 is 25.0 Å². The molecular weight excluding hydrogens is 367 g/mol. The van der Waals surface area contributed by atoms with Gasteiger partial charge in [0.15, 0.2) is 18.1 Å². The van der Waals surface area contributed by atoms with Crippen LogP contribution in [0.15, 0.2) is 36.7 Å². The summed E-state index contributed by atoms with van der Waals surface area (Å²) in [6, 6.07) is 7.64. The van der Waals surface area contributed by atoms with Gasteiger partial charge in [-0.25, -0.2) is 9.67 Å². The number of aliphatic hydroxyl groups is 1. The minimum Gasteiger partial charge on any atom is -0.380 e. The minimum absolute atomic E-state index is 0.0601. The molecule has 2 aromatic rings. The van der Waals surface area contributed by atoms with Crippen LogP contribution in [0.25, 0.3) is 0 Å². The van der Waals surface area contributed by atoms with Crippen LogP contribution in [0.1, 0.15) is 16.8 Å². The number of amides is 1. The summed E-state index contributed by atoms with van der Waals surface area (Å²) >= 11 is 0. The van der Waals surface area contributed by atoms with E-state index < -0.39 is 44.3 Å². The molecule has 3 rings (SSSR count). The molecule has 0 aliphatic carbocycles. The minimum atomic E-state index is -4.15. The Balaban J connectivity index is 1.69. The highest BCUT2D eigenvalue weighted by molar-refractivity contribution is 7.61. The molecule has 1 aromatic heterocycles. The van der Waals surface area contributed by atoms with Crippen LogP contribution in [-0.2, 0) is 18.6 Å². The van der Waals surface area contributed by atoms with Crippen molar-refractivity contribution < 1.29 is 33.4 Å². The second-order valence-corrected chi connectivity index (χ2v) is 7.24. The Labute approximate surface area is 146 Å². The molecule has 4 atom stereocenters. The molecule has 1 saturated heterocycles. The van der Waals surface area contributed by atoms with Crippen molar-refractivity contribution in [1.29, 1.82) is 0 Å². The number of ketones is 1. The Morgan fingerprint density at radius 1 is 1.38 bits per heavy atom. The summed E-state index contributed by atoms with van der Waals surface area (Å²) in [4.78, 5) is 36.7. The van der Waals surface area contributed by atoms with Crippen LogP contribution in [0.5, 0.6) is 0 Å². The third-order valence-electron chi connectivity index (χ3n) is 3.66. The molecule has 138 valence electrons. The van der Waals surface area contributed by atoms with E-state index in [4.69, 9.17) is 15.0 Å². The third-order valence-corrected chi connectivity index (χ3v) is 5.11. The fraction of sp³-hybridized carbons (Fsp3) is 0.286. The molecule has 1 aromatic carbocycles. The molecule has 0 bridgehead atoms. The van der Waals surface area contributed by atoms with Crippen molar-refractivity contribution in [2.45, 2.75) is 18.4 Å². The summed E-state index contributed by atoms with van der Waals surface area (Å²) in [5.74, 6) is -1.94. The summed E-state index contributed by atoms with van der Waals surface area (Å²) in [5.41, 5.74) is 5.04. The van der Waals surface area contributed by atoms with E-state index in [0.717, 1.165) is 11.0 Å². The number of ether oxygens (including phenoxy) is 1. The van der Waals surface area contributed by atoms with Gasteiger partial charge in [-0.1, -0.05) is 18.2 Å². The fourth-order valence-corrected chi connectivity index (χ4v) is 3.37. The third kappa shape index (κ3) is 3.57. The Bertz CT molecular complexity index is 871. The molecule has 1 aliphatic heterocycles. The first kappa shape index (κ1) is 18.4. The van der Waals surface area contributed by atoms with Crippen LogP contribution in [0, 0.1) is 0 Å². The van der Waals surface area contributed by atoms with Gasteiger partial charge in [0, 0.05) is 0 Å². The predicted molar refractivity (Wildman–Crippen MR) is 85.3 cm³/mol. The number of hydrogen-bond donors (Lipinski definition) is 3. The van der Waals surface area contributed by atoms with Crippen LogP contribution in [0.2, 0.25) is 0 Å². The number of benzene rings is 1. The van der Waals surface area contributed by atoms with E-state index in [1.165, 1.54) is 12.1 Å². The summed E-state index contributed by atoms with van der Waals surface area (Å²) in [6.45, 7) is -0.549. The van der Waals surface area contributed by atoms with Crippen LogP contribution in [-0.4, -0.2) is 55.3 Å². The standard InChI is InChI=1S/C14H15N4O7P/c15-12(21)13-16-7-18(17-13)14-11(20)10(19)9(25-14)6-24-26(22,23)8-4-2-1-3-5-8/h1-5,7,9,11,14,20H,6H2,(H2,15,21)(H,22,23)/t9-,11-,14-/m1/s1. The van der Waals surface area contributed by atoms with Crippen molar-refractivity contribution in [1.82, 2.24) is 14.8 Å². The lowest BCUT2D eigenvalue weighted by molar-refractivity contribution is -0.128. The van der Waals surface area contributed by atoms with E-state index in [2.05, 4.69) is 10.1 Å². The van der Waals surface area contributed by atoms with Crippen molar-refractivity contribution in [3.8, 4) is 0 Å². The van der Waals surface area contributed by atoms with Gasteiger partial charge in [-0.3, -0.25) is 14.2 Å². The molecule has 1 unspecified atom stereocenters. The molecule has 1 amide bonds. The highest BCUT2D eigenvalue weighted by Gasteiger charge is 2.45. The maximum atomic E-state index is 12.2. The summed E-state index contributed by atoms with van der Waals surface area (Å²) in [6.07, 6.45) is -3.08. The number of rotatable bonds is 6. The zero-order valence-corrected chi connectivity index (χ0v) is 14.1. The zero-order valence-electron chi connectivity index (χ0n) is 13.2. The average Bonchev–Trinajstić information content (AvgIpc) is 3.21. The number of carbonyl (C=O) groups is 2. The van der Waals surface area contributed by atoms with Gasteiger partial charge in [-0.05, 0) is 12.1 Å². The van der Waals surface area contributed by atoms with Crippen LogP contribution in [0.4, 0.5) is 0 Å². The van der Waals surface area contributed by atoms with Crippen molar-refractivity contribution in [3.63, 3.8) is 0 Å². The predicted octanol–water partition coefficient (Wildman–Crippen LogP) is -1.27. The number of aromatic nitrogens is 3. The van der Waals surface area contributed by atoms with Crippen LogP contribution in [0.3, 0.4) is 0 Å². The maximum absolute atomic E-state index is 12.2. The zero-order chi connectivity index (χ0) is 18.9. The van der Waals surface area contributed by atoms with Crippen molar-refractivity contribution >= 4 is 24.6 Å². The lowest BCUT2D eigenvalue weighted by Gasteiger charge is -2.15. The number of nitrogens with two attached hydrogens (primary N) is 1. The van der Waals surface area contributed by atoms with E-state index >= 15 is 0 Å². The van der Waals surface area contributed by atoms with Crippen LogP contribution >= 0.6 is 7.60 Å². The lowest BCUT2D eigenvalue weighted by Crippen LogP contribution is -2.29. The second-order valence-electron chi connectivity index (χ2n) is 5.43. The van der Waals surface area contributed by atoms with Gasteiger partial charge in [0.2, 0.25) is 5.82 Å². The van der Waals surface area contributed by atoms with Crippen LogP contribution < -0.4 is 11.0 Å². The monoisotopic (exact) mass is 382 g/mol. The number of carbonyl (C=O) groups excluding carboxylic acids is 2. The highest BCUT2D eigenvalue weighted by Crippen LogP contribution is 2.41. The van der Waals surface area contributed by atoms with E-state index in [1.807, 2.05) is 0 Å². The summed E-state index contributed by atoms with van der Waals surface area (Å²) < 4.78 is 23.5. The summed E-state index contributed by atoms with van der Waals surface area (Å²) in [7, 11) is -4.15. The first-order chi connectivity index (χ1) is 12.3. The first-order valence-electron chi connectivity index (χ1n) is 7.41. The number of primary amides is 1. The number of Topliss-reactive ketones (excluding diaryl/α,β-unsaturated/α-hetero) is 1. The molecule has 0 saturated carbocycles. The molecule has 4 N–H and O–H groups in total. The smallest absolute Gasteiger partial charge is 0.358 e. The molecule has 0 radical (unpaired) electrons. The van der Waals surface area contributed by atoms with Crippen molar-refractivity contribution in [3.05, 3.63) is 42.5 Å². The van der Waals surface area contributed by atoms with E-state index in [1.54, 1.807) is 18.2 Å². The molecule has 11 nitrogen and oxygen atoms in total. The largest absolute Gasteiger partial charge is 0.380 e. The Hall–Kier alpha value is -2.43. The SMILES string of the molecule is NC(=O)c1ncn([C@@H]2O[C@H](COP(=O)(O)c3ccccc3)C(=O)[C@H]2O)n1. The van der Waals surface area contributed by atoms with E-state index in [-0.39, 0.29) is 11.1 Å². The van der Waals surface area contributed by atoms with Gasteiger partial charge in [0.1, 0.15) is 12.4 Å². The van der Waals surface area contributed by atoms with Gasteiger partial charge in [-0.2, -0.15) is 0 Å². The van der Waals surface area contributed by atoms with E-state index in [0.29, 0.717) is 0 Å². The number of aliphatic hydroxyl groups excluding tert-OH is 1. The van der Waals surface area contributed by atoms with Gasteiger partial charge in [-0.15, -0.1) is 5.10 Å².